The summed E-state index contributed by atoms with van der Waals surface area (Å²) in [6.45, 7) is 5.19. The van der Waals surface area contributed by atoms with Gasteiger partial charge in [-0.05, 0) is 43.9 Å². The Kier molecular flexibility index (Phi) is 4.34. The molecule has 8 heteroatoms. The smallest absolute Gasteiger partial charge is 0.276 e. The Morgan fingerprint density at radius 3 is 2.66 bits per heavy atom. The summed E-state index contributed by atoms with van der Waals surface area (Å²) >= 11 is 0. The predicted molar refractivity (Wildman–Crippen MR) is 108 cm³/mol. The van der Waals surface area contributed by atoms with E-state index in [0.29, 0.717) is 48.9 Å². The zero-order valence-corrected chi connectivity index (χ0v) is 16.4. The summed E-state index contributed by atoms with van der Waals surface area (Å²) in [7, 11) is 0. The lowest BCUT2D eigenvalue weighted by Crippen LogP contribution is -2.48. The van der Waals surface area contributed by atoms with Crippen LogP contribution in [-0.4, -0.2) is 51.7 Å². The van der Waals surface area contributed by atoms with Crippen LogP contribution < -0.4 is 10.5 Å². The lowest BCUT2D eigenvalue weighted by atomic mass is 10.2. The Morgan fingerprint density at radius 2 is 1.97 bits per heavy atom. The number of hydrogen-bond acceptors (Lipinski definition) is 6. The van der Waals surface area contributed by atoms with Gasteiger partial charge in [-0.15, -0.1) is 0 Å². The van der Waals surface area contributed by atoms with Crippen molar-refractivity contribution in [2.45, 2.75) is 26.3 Å². The van der Waals surface area contributed by atoms with Gasteiger partial charge in [0.25, 0.3) is 11.5 Å². The Morgan fingerprint density at radius 1 is 1.17 bits per heavy atom. The Hall–Kier alpha value is -3.16. The molecule has 1 aromatic carbocycles. The van der Waals surface area contributed by atoms with E-state index in [1.54, 1.807) is 28.8 Å². The predicted octanol–water partition coefficient (Wildman–Crippen LogP) is 2.07. The highest BCUT2D eigenvalue weighted by Gasteiger charge is 2.25. The molecule has 0 N–H and O–H groups in total. The molecule has 150 valence electrons. The Balaban J connectivity index is 1.30. The van der Waals surface area contributed by atoms with E-state index in [1.807, 2.05) is 18.2 Å². The summed E-state index contributed by atoms with van der Waals surface area (Å²) in [4.78, 5) is 33.7. The normalized spacial score (nSPS) is 17.1. The van der Waals surface area contributed by atoms with Crippen LogP contribution in [0.1, 0.15) is 29.1 Å². The van der Waals surface area contributed by atoms with Gasteiger partial charge in [0.2, 0.25) is 0 Å². The van der Waals surface area contributed by atoms with Gasteiger partial charge in [0.15, 0.2) is 5.69 Å². The van der Waals surface area contributed by atoms with Gasteiger partial charge in [-0.3, -0.25) is 14.2 Å². The number of carbonyl (C=O) groups is 1. The van der Waals surface area contributed by atoms with Gasteiger partial charge in [0.1, 0.15) is 5.76 Å². The lowest BCUT2D eigenvalue weighted by Gasteiger charge is -2.35. The zero-order chi connectivity index (χ0) is 20.0. The van der Waals surface area contributed by atoms with Crippen LogP contribution >= 0.6 is 0 Å². The van der Waals surface area contributed by atoms with Crippen LogP contribution in [0, 0.1) is 12.8 Å². The molecule has 1 aliphatic carbocycles. The number of carbonyl (C=O) groups excluding carboxylic acids is 1. The topological polar surface area (TPSA) is 84.5 Å². The fraction of sp³-hybridized carbons (Fsp3) is 0.429. The minimum atomic E-state index is -0.0992. The average molecular weight is 393 g/mol. The minimum Gasteiger partial charge on any atom is -0.368 e. The summed E-state index contributed by atoms with van der Waals surface area (Å²) in [6.07, 6.45) is 4.07. The first kappa shape index (κ1) is 17.9. The number of hydrogen-bond donors (Lipinski definition) is 0. The first-order valence-corrected chi connectivity index (χ1v) is 10.1. The number of aromatic nitrogens is 3. The van der Waals surface area contributed by atoms with Crippen molar-refractivity contribution in [2.75, 3.05) is 31.1 Å². The molecule has 0 unspecified atom stereocenters. The maximum Gasteiger partial charge on any atom is 0.276 e. The number of piperazine rings is 1. The van der Waals surface area contributed by atoms with E-state index in [1.165, 1.54) is 12.8 Å². The van der Waals surface area contributed by atoms with E-state index in [4.69, 9.17) is 4.52 Å². The number of rotatable bonds is 4. The first-order valence-electron chi connectivity index (χ1n) is 10.1. The van der Waals surface area contributed by atoms with Crippen molar-refractivity contribution in [1.29, 1.82) is 0 Å². The van der Waals surface area contributed by atoms with Crippen molar-refractivity contribution in [3.8, 4) is 0 Å². The van der Waals surface area contributed by atoms with Crippen LogP contribution in [0.3, 0.4) is 0 Å². The van der Waals surface area contributed by atoms with Crippen LogP contribution in [0.25, 0.3) is 10.9 Å². The third-order valence-corrected chi connectivity index (χ3v) is 5.74. The molecule has 2 aliphatic rings. The highest BCUT2D eigenvalue weighted by atomic mass is 16.5. The largest absolute Gasteiger partial charge is 0.368 e. The molecule has 0 atom stereocenters. The fourth-order valence-electron chi connectivity index (χ4n) is 3.85. The summed E-state index contributed by atoms with van der Waals surface area (Å²) < 4.78 is 6.74. The quantitative estimate of drug-likeness (QED) is 0.675. The molecule has 29 heavy (non-hydrogen) atoms. The Bertz CT molecular complexity index is 1120. The molecular weight excluding hydrogens is 370 g/mol. The number of benzene rings is 1. The molecule has 2 fully saturated rings. The van der Waals surface area contributed by atoms with Crippen molar-refractivity contribution in [3.63, 3.8) is 0 Å². The van der Waals surface area contributed by atoms with Gasteiger partial charge in [-0.2, -0.15) is 0 Å². The van der Waals surface area contributed by atoms with Crippen LogP contribution in [0.4, 0.5) is 5.69 Å². The summed E-state index contributed by atoms with van der Waals surface area (Å²) in [6, 6.07) is 7.49. The SMILES string of the molecule is Cc1cc(C(=O)N2CCN(c3ccc4c(=O)n(CC5CC5)cnc4c3)CC2)no1. The molecule has 1 aliphatic heterocycles. The third kappa shape index (κ3) is 3.50. The maximum atomic E-state index is 12.7. The average Bonchev–Trinajstić information content (AvgIpc) is 3.46. The molecule has 1 saturated carbocycles. The van der Waals surface area contributed by atoms with Crippen molar-refractivity contribution in [3.05, 3.63) is 52.4 Å². The molecule has 1 amide bonds. The monoisotopic (exact) mass is 393 g/mol. The number of amides is 1. The molecule has 0 spiro atoms. The van der Waals surface area contributed by atoms with E-state index in [-0.39, 0.29) is 11.5 Å². The molecule has 3 aromatic rings. The molecular formula is C21H23N5O3. The summed E-state index contributed by atoms with van der Waals surface area (Å²) in [5, 5.41) is 4.48. The van der Waals surface area contributed by atoms with E-state index in [9.17, 15) is 9.59 Å². The second-order valence-electron chi connectivity index (χ2n) is 7.95. The van der Waals surface area contributed by atoms with E-state index in [2.05, 4.69) is 15.0 Å². The fourth-order valence-corrected chi connectivity index (χ4v) is 3.85. The highest BCUT2D eigenvalue weighted by Crippen LogP contribution is 2.30. The van der Waals surface area contributed by atoms with Crippen molar-refractivity contribution < 1.29 is 9.32 Å². The molecule has 5 rings (SSSR count). The van der Waals surface area contributed by atoms with Crippen LogP contribution in [0.2, 0.25) is 0 Å². The van der Waals surface area contributed by atoms with Crippen molar-refractivity contribution >= 4 is 22.5 Å². The van der Waals surface area contributed by atoms with E-state index >= 15 is 0 Å². The minimum absolute atomic E-state index is 0.0340. The maximum absolute atomic E-state index is 12.7. The Labute approximate surface area is 167 Å². The third-order valence-electron chi connectivity index (χ3n) is 5.74. The summed E-state index contributed by atoms with van der Waals surface area (Å²) in [5.74, 6) is 1.16. The summed E-state index contributed by atoms with van der Waals surface area (Å²) in [5.41, 5.74) is 2.13. The number of anilines is 1. The van der Waals surface area contributed by atoms with Gasteiger partial charge in [-0.1, -0.05) is 5.16 Å². The van der Waals surface area contributed by atoms with Gasteiger partial charge in [0, 0.05) is 44.5 Å². The standard InChI is InChI=1S/C21H23N5O3/c1-14-10-19(23-29-14)21(28)25-8-6-24(7-9-25)16-4-5-17-18(11-16)22-13-26(20(17)27)12-15-2-3-15/h4-5,10-11,13,15H,2-3,6-9,12H2,1H3. The second kappa shape index (κ2) is 7.02. The lowest BCUT2D eigenvalue weighted by molar-refractivity contribution is 0.0736. The highest BCUT2D eigenvalue weighted by molar-refractivity contribution is 5.92. The molecule has 8 nitrogen and oxygen atoms in total. The van der Waals surface area contributed by atoms with Crippen LogP contribution in [0.15, 0.2) is 39.9 Å². The zero-order valence-electron chi connectivity index (χ0n) is 16.4. The van der Waals surface area contributed by atoms with Crippen molar-refractivity contribution in [1.82, 2.24) is 19.6 Å². The van der Waals surface area contributed by atoms with Gasteiger partial charge >= 0.3 is 0 Å². The molecule has 2 aromatic heterocycles. The van der Waals surface area contributed by atoms with Gasteiger partial charge < -0.3 is 14.3 Å². The second-order valence-corrected chi connectivity index (χ2v) is 7.95. The number of aryl methyl sites for hydroxylation is 1. The first-order chi connectivity index (χ1) is 14.1. The molecule has 0 bridgehead atoms. The van der Waals surface area contributed by atoms with Gasteiger partial charge in [-0.25, -0.2) is 4.98 Å². The number of nitrogens with zero attached hydrogens (tertiary/aromatic N) is 5. The number of fused-ring (bicyclic) bond motifs is 1. The van der Waals surface area contributed by atoms with Gasteiger partial charge in [0.05, 0.1) is 17.2 Å². The van der Waals surface area contributed by atoms with Crippen LogP contribution in [-0.2, 0) is 6.54 Å². The van der Waals surface area contributed by atoms with E-state index < -0.39 is 0 Å². The van der Waals surface area contributed by atoms with Crippen LogP contribution in [0.5, 0.6) is 0 Å². The van der Waals surface area contributed by atoms with E-state index in [0.717, 1.165) is 17.7 Å². The molecule has 1 saturated heterocycles. The molecule has 0 radical (unpaired) electrons. The van der Waals surface area contributed by atoms with Crippen molar-refractivity contribution in [2.24, 2.45) is 5.92 Å². The molecule has 3 heterocycles.